The number of hydrogen-bond donors (Lipinski definition) is 4. The average molecular weight is 1140 g/mol. The summed E-state index contributed by atoms with van der Waals surface area (Å²) in [5.41, 5.74) is 0. The topological polar surface area (TPSA) is 204 Å². The molecule has 80 heavy (non-hydrogen) atoms. The van der Waals surface area contributed by atoms with E-state index in [1.807, 2.05) is 54.4 Å². The highest BCUT2D eigenvalue weighted by molar-refractivity contribution is 5.76. The summed E-state index contributed by atoms with van der Waals surface area (Å²) in [5, 5.41) is 27.2. The minimum atomic E-state index is -0.751. The predicted octanol–water partition coefficient (Wildman–Crippen LogP) is 11.7. The normalized spacial score (nSPS) is 13.2. The maximum atomic E-state index is 12.5. The molecule has 0 bridgehead atoms. The summed E-state index contributed by atoms with van der Waals surface area (Å²) in [7, 11) is 12.2. The summed E-state index contributed by atoms with van der Waals surface area (Å²) in [5.74, 6) is -1.18. The smallest absolute Gasteiger partial charge is 0.306 e. The molecule has 16 heteroatoms. The van der Waals surface area contributed by atoms with Gasteiger partial charge in [0.2, 0.25) is 11.8 Å². The van der Waals surface area contributed by atoms with Gasteiger partial charge in [-0.2, -0.15) is 0 Å². The molecule has 4 atom stereocenters. The second-order valence-electron chi connectivity index (χ2n) is 23.9. The number of carbonyl (C=O) groups excluding carboxylic acids is 6. The molecule has 0 aromatic heterocycles. The minimum absolute atomic E-state index is 0.0113. The van der Waals surface area contributed by atoms with Crippen LogP contribution in [0.5, 0.6) is 0 Å². The molecule has 468 valence electrons. The Bertz CT molecular complexity index is 1610. The fraction of sp³-hybridized carbons (Fsp3) is 0.844. The van der Waals surface area contributed by atoms with Gasteiger partial charge >= 0.3 is 23.9 Å². The van der Waals surface area contributed by atoms with E-state index in [9.17, 15) is 39.0 Å². The number of unbranched alkanes of at least 4 members (excludes halogenated alkanes) is 18. The van der Waals surface area contributed by atoms with Gasteiger partial charge in [0.1, 0.15) is 38.5 Å². The molecule has 16 nitrogen and oxygen atoms in total. The van der Waals surface area contributed by atoms with Crippen molar-refractivity contribution in [2.75, 3.05) is 81.7 Å². The number of hydrogen-bond acceptors (Lipinski definition) is 12. The number of likely N-dealkylation sites (N-methyl/N-ethyl adjacent to an activating group) is 2. The Kier molecular flexibility index (Phi) is 52.0. The minimum Gasteiger partial charge on any atom is -0.460 e. The predicted molar refractivity (Wildman–Crippen MR) is 323 cm³/mol. The second kappa shape index (κ2) is 53.2. The summed E-state index contributed by atoms with van der Waals surface area (Å²) in [6, 6.07) is 0. The van der Waals surface area contributed by atoms with Crippen molar-refractivity contribution in [3.05, 3.63) is 24.3 Å². The maximum Gasteiger partial charge on any atom is 0.306 e. The lowest BCUT2D eigenvalue weighted by atomic mass is 10.0. The van der Waals surface area contributed by atoms with Gasteiger partial charge in [0.05, 0.1) is 54.5 Å². The third-order valence-corrected chi connectivity index (χ3v) is 13.6. The molecule has 2 amide bonds. The monoisotopic (exact) mass is 1140 g/mol. The van der Waals surface area contributed by atoms with Gasteiger partial charge in [-0.25, -0.2) is 0 Å². The van der Waals surface area contributed by atoms with Crippen LogP contribution in [0.15, 0.2) is 24.3 Å². The van der Waals surface area contributed by atoms with Crippen LogP contribution in [-0.4, -0.2) is 161 Å². The van der Waals surface area contributed by atoms with E-state index in [4.69, 9.17) is 18.9 Å². The van der Waals surface area contributed by atoms with Gasteiger partial charge in [0, 0.05) is 52.1 Å². The van der Waals surface area contributed by atoms with E-state index in [0.717, 1.165) is 140 Å². The van der Waals surface area contributed by atoms with Crippen LogP contribution in [0.3, 0.4) is 0 Å². The molecule has 4 N–H and O–H groups in total. The number of nitrogens with zero attached hydrogens (tertiary/aromatic N) is 2. The SMILES string of the molecule is CCCCCC(OC(=O)CCCC(=O)OCC[N+](C)(C)C)C(O)C/C=C\CCCCCCCC(=O)NCCCCCCNC(C)=O.CCCCCCCC/C=C\CC(O)C(CCCCC)OC(=O)CCCC(=O)OCC[N+](C)(C)C. The summed E-state index contributed by atoms with van der Waals surface area (Å²) in [6.07, 6.45) is 34.9. The summed E-state index contributed by atoms with van der Waals surface area (Å²) >= 11 is 0. The quantitative estimate of drug-likeness (QED) is 0.0148. The highest BCUT2D eigenvalue weighted by atomic mass is 16.6. The van der Waals surface area contributed by atoms with Crippen molar-refractivity contribution >= 4 is 35.7 Å². The van der Waals surface area contributed by atoms with Gasteiger partial charge in [-0.1, -0.05) is 135 Å². The van der Waals surface area contributed by atoms with E-state index in [1.54, 1.807) is 0 Å². The lowest BCUT2D eigenvalue weighted by Gasteiger charge is -2.23. The number of rotatable bonds is 52. The number of aliphatic hydroxyl groups excluding tert-OH is 2. The van der Waals surface area contributed by atoms with E-state index in [1.165, 1.54) is 45.4 Å². The highest BCUT2D eigenvalue weighted by Gasteiger charge is 2.24. The number of quaternary nitrogens is 2. The number of carbonyl (C=O) groups is 6. The van der Waals surface area contributed by atoms with Crippen LogP contribution in [0.2, 0.25) is 0 Å². The summed E-state index contributed by atoms with van der Waals surface area (Å²) in [6.45, 7) is 11.7. The zero-order chi connectivity index (χ0) is 60.1. The van der Waals surface area contributed by atoms with Crippen LogP contribution >= 0.6 is 0 Å². The number of nitrogens with one attached hydrogen (secondary N) is 2. The van der Waals surface area contributed by atoms with Crippen molar-refractivity contribution < 1.29 is 66.9 Å². The fourth-order valence-corrected chi connectivity index (χ4v) is 8.39. The Morgan fingerprint density at radius 1 is 0.425 bits per heavy atom. The first-order valence-corrected chi connectivity index (χ1v) is 31.6. The van der Waals surface area contributed by atoms with Crippen molar-refractivity contribution in [3.63, 3.8) is 0 Å². The van der Waals surface area contributed by atoms with E-state index < -0.39 is 24.4 Å². The highest BCUT2D eigenvalue weighted by Crippen LogP contribution is 2.18. The Labute approximate surface area is 487 Å². The summed E-state index contributed by atoms with van der Waals surface area (Å²) in [4.78, 5) is 71.4. The van der Waals surface area contributed by atoms with Gasteiger partial charge in [-0.3, -0.25) is 28.8 Å². The average Bonchev–Trinajstić information content (AvgIpc) is 3.38. The van der Waals surface area contributed by atoms with Gasteiger partial charge in [0.15, 0.2) is 0 Å². The fourth-order valence-electron chi connectivity index (χ4n) is 8.39. The van der Waals surface area contributed by atoms with Crippen molar-refractivity contribution in [1.82, 2.24) is 10.6 Å². The van der Waals surface area contributed by atoms with Crippen LogP contribution < -0.4 is 10.6 Å². The van der Waals surface area contributed by atoms with E-state index in [-0.39, 0.29) is 61.4 Å². The van der Waals surface area contributed by atoms with Gasteiger partial charge in [0.25, 0.3) is 0 Å². The third-order valence-electron chi connectivity index (χ3n) is 13.6. The number of allylic oxidation sites excluding steroid dienone is 2. The molecule has 0 heterocycles. The van der Waals surface area contributed by atoms with Crippen LogP contribution in [0.1, 0.15) is 246 Å². The van der Waals surface area contributed by atoms with Gasteiger partial charge in [-0.05, 0) is 96.3 Å². The molecule has 0 aromatic carbocycles. The molecule has 0 aliphatic carbocycles. The van der Waals surface area contributed by atoms with Crippen molar-refractivity contribution in [1.29, 1.82) is 0 Å². The van der Waals surface area contributed by atoms with Gasteiger partial charge < -0.3 is 48.8 Å². The third kappa shape index (κ3) is 57.4. The summed E-state index contributed by atoms with van der Waals surface area (Å²) < 4.78 is 23.2. The Hall–Kier alpha value is -3.86. The molecule has 4 unspecified atom stereocenters. The molecule has 0 aliphatic rings. The first-order chi connectivity index (χ1) is 38.1. The maximum absolute atomic E-state index is 12.5. The molecule has 0 rings (SSSR count). The Balaban J connectivity index is 0. The van der Waals surface area contributed by atoms with E-state index in [2.05, 4.69) is 43.6 Å². The molecule has 0 radical (unpaired) electrons. The van der Waals surface area contributed by atoms with Crippen LogP contribution in [0, 0.1) is 0 Å². The van der Waals surface area contributed by atoms with E-state index >= 15 is 0 Å². The molecule has 0 saturated carbocycles. The van der Waals surface area contributed by atoms with Crippen LogP contribution in [0.25, 0.3) is 0 Å². The van der Waals surface area contributed by atoms with Crippen LogP contribution in [0.4, 0.5) is 0 Å². The molecular weight excluding hydrogens is 1020 g/mol. The molecule has 0 saturated heterocycles. The van der Waals surface area contributed by atoms with Crippen molar-refractivity contribution in [2.45, 2.75) is 270 Å². The lowest BCUT2D eigenvalue weighted by Crippen LogP contribution is -2.38. The molecule has 0 spiro atoms. The van der Waals surface area contributed by atoms with Crippen molar-refractivity contribution in [2.24, 2.45) is 0 Å². The number of aliphatic hydroxyl groups is 2. The molecule has 0 aromatic rings. The van der Waals surface area contributed by atoms with E-state index in [0.29, 0.717) is 62.6 Å². The van der Waals surface area contributed by atoms with Gasteiger partial charge in [-0.15, -0.1) is 0 Å². The first kappa shape index (κ1) is 78.2. The Morgan fingerprint density at radius 2 is 0.787 bits per heavy atom. The van der Waals surface area contributed by atoms with Crippen LogP contribution in [-0.2, 0) is 47.7 Å². The first-order valence-electron chi connectivity index (χ1n) is 31.6. The Morgan fingerprint density at radius 3 is 1.20 bits per heavy atom. The molecule has 0 fully saturated rings. The zero-order valence-electron chi connectivity index (χ0n) is 52.8. The number of esters is 4. The largest absolute Gasteiger partial charge is 0.460 e. The zero-order valence-corrected chi connectivity index (χ0v) is 52.8. The standard InChI is InChI=1S/C36H67N3O7.C28H54NO5/c1-6-7-16-23-33(46-36(44)26-21-25-35(43)45-30-29-39(3,4)5)32(41)22-17-12-10-8-9-11-13-18-24-34(42)38-28-20-15-14-19-27-37-31(2)40;1-6-8-10-11-12-13-14-15-17-19-25(30)26(20-16-9-7-2)34-28(32)22-18-21-27(31)33-24-23-29(3,4)5/h12,17,32-33,41H,6-11,13-16,18-30H2,1-5H3,(H-,37,38,40,42);15,17,25-26,30H,6-14,16,18-24H2,1-5H3/q;+1/p+1/b17-12-;17-15-. The van der Waals surface area contributed by atoms with Crippen molar-refractivity contribution in [3.8, 4) is 0 Å². The molecule has 0 aliphatic heterocycles. The number of amides is 2. The second-order valence-corrected chi connectivity index (χ2v) is 23.9. The lowest BCUT2D eigenvalue weighted by molar-refractivity contribution is -0.870. The number of ether oxygens (including phenoxy) is 4. The molecular formula is C64H122N4O12+2.